The molecule has 0 fully saturated rings. The Hall–Kier alpha value is -6.66. The molecular weight excluding hydrogens is 641 g/mol. The number of aromatic nitrogens is 2. The first-order valence-electron chi connectivity index (χ1n) is 18.0. The molecule has 0 spiro atoms. The summed E-state index contributed by atoms with van der Waals surface area (Å²) in [4.78, 5) is 38.6. The van der Waals surface area contributed by atoms with E-state index in [0.717, 1.165) is 75.6 Å². The second-order valence-electron chi connectivity index (χ2n) is 15.0. The lowest BCUT2D eigenvalue weighted by Crippen LogP contribution is -2.34. The van der Waals surface area contributed by atoms with Crippen molar-refractivity contribution in [2.75, 3.05) is 0 Å². The van der Waals surface area contributed by atoms with Crippen molar-refractivity contribution in [1.82, 2.24) is 9.13 Å². The maximum atomic E-state index is 14.2. The molecule has 0 saturated heterocycles. The maximum Gasteiger partial charge on any atom is 0.260 e. The molecule has 0 radical (unpaired) electrons. The van der Waals surface area contributed by atoms with Crippen LogP contribution in [-0.4, -0.2) is 21.2 Å². The molecule has 2 aliphatic heterocycles. The van der Waals surface area contributed by atoms with Crippen LogP contribution in [0.2, 0.25) is 0 Å². The normalized spacial score (nSPS) is 21.6. The average Bonchev–Trinajstić information content (AvgIpc) is 3.78. The van der Waals surface area contributed by atoms with Crippen LogP contribution in [0.25, 0.3) is 97.0 Å². The van der Waals surface area contributed by atoms with Crippen LogP contribution in [0.3, 0.4) is 0 Å². The largest absolute Gasteiger partial charge is 0.283 e. The van der Waals surface area contributed by atoms with Gasteiger partial charge in [-0.1, -0.05) is 97.1 Å². The van der Waals surface area contributed by atoms with Crippen molar-refractivity contribution in [3.63, 3.8) is 0 Å². The van der Waals surface area contributed by atoms with E-state index < -0.39 is 0 Å². The molecule has 0 N–H and O–H groups in total. The van der Waals surface area contributed by atoms with Gasteiger partial charge in [-0.25, -0.2) is 0 Å². The zero-order valence-electron chi connectivity index (χ0n) is 27.5. The minimum Gasteiger partial charge on any atom is -0.283 e. The van der Waals surface area contributed by atoms with Gasteiger partial charge >= 0.3 is 0 Å². The molecule has 2 aliphatic carbocycles. The number of pyridine rings is 2. The highest BCUT2D eigenvalue weighted by Gasteiger charge is 2.32. The monoisotopic (exact) mass is 664 g/mol. The number of nitrogens with zero attached hydrogens (tertiary/aromatic N) is 4. The Bertz CT molecular complexity index is 3450. The Balaban J connectivity index is 1.14. The van der Waals surface area contributed by atoms with Gasteiger partial charge in [0, 0.05) is 32.3 Å². The third-order valence-corrected chi connectivity index (χ3v) is 12.8. The molecule has 52 heavy (non-hydrogen) atoms. The first-order chi connectivity index (χ1) is 25.7. The Labute approximate surface area is 292 Å². The fourth-order valence-corrected chi connectivity index (χ4v) is 10.7. The van der Waals surface area contributed by atoms with Crippen LogP contribution in [0.1, 0.15) is 12.1 Å². The molecule has 4 unspecified atom stereocenters. The van der Waals surface area contributed by atoms with Crippen molar-refractivity contribution in [3.8, 4) is 0 Å². The van der Waals surface area contributed by atoms with E-state index in [1.807, 2.05) is 45.6 Å². The fourth-order valence-electron chi connectivity index (χ4n) is 10.7. The van der Waals surface area contributed by atoms with E-state index >= 15 is 0 Å². The van der Waals surface area contributed by atoms with Gasteiger partial charge in [-0.3, -0.25) is 28.7 Å². The molecule has 4 heterocycles. The number of hydrogen-bond acceptors (Lipinski definition) is 4. The fraction of sp³-hybridized carbons (Fsp3) is 0.0870. The first kappa shape index (κ1) is 26.2. The Kier molecular flexibility index (Phi) is 4.25. The molecule has 10 aromatic rings. The molecule has 14 rings (SSSR count). The van der Waals surface area contributed by atoms with E-state index in [2.05, 4.69) is 85.0 Å². The summed E-state index contributed by atoms with van der Waals surface area (Å²) < 4.78 is 3.79. The van der Waals surface area contributed by atoms with Crippen LogP contribution in [0.4, 0.5) is 0 Å². The molecule has 6 heteroatoms. The lowest BCUT2D eigenvalue weighted by molar-refractivity contribution is 0.577. The van der Waals surface area contributed by atoms with Gasteiger partial charge in [0.1, 0.15) is 11.0 Å². The van der Waals surface area contributed by atoms with Crippen LogP contribution < -0.4 is 22.1 Å². The predicted octanol–water partition coefficient (Wildman–Crippen LogP) is 8.04. The number of allylic oxidation sites excluding steroid dienone is 4. The summed E-state index contributed by atoms with van der Waals surface area (Å²) in [5, 5.41) is 19.6. The van der Waals surface area contributed by atoms with E-state index in [1.54, 1.807) is 0 Å². The van der Waals surface area contributed by atoms with E-state index in [-0.39, 0.29) is 35.3 Å². The van der Waals surface area contributed by atoms with Crippen molar-refractivity contribution in [1.29, 1.82) is 0 Å². The summed E-state index contributed by atoms with van der Waals surface area (Å²) in [6.45, 7) is 0. The maximum absolute atomic E-state index is 14.2. The van der Waals surface area contributed by atoms with Gasteiger partial charge in [0.15, 0.2) is 0 Å². The van der Waals surface area contributed by atoms with Crippen LogP contribution >= 0.6 is 0 Å². The summed E-state index contributed by atoms with van der Waals surface area (Å²) in [5.41, 5.74) is 1.59. The van der Waals surface area contributed by atoms with Gasteiger partial charge in [-0.2, -0.15) is 0 Å². The van der Waals surface area contributed by atoms with E-state index in [9.17, 15) is 9.59 Å². The van der Waals surface area contributed by atoms with Gasteiger partial charge in [0.2, 0.25) is 0 Å². The first-order valence-corrected chi connectivity index (χ1v) is 18.0. The Morgan fingerprint density at radius 2 is 0.615 bits per heavy atom. The summed E-state index contributed by atoms with van der Waals surface area (Å²) in [5.74, 6) is 0. The van der Waals surface area contributed by atoms with Crippen molar-refractivity contribution in [3.05, 3.63) is 153 Å². The summed E-state index contributed by atoms with van der Waals surface area (Å²) in [6, 6.07) is 26.0. The quantitative estimate of drug-likeness (QED) is 0.122. The van der Waals surface area contributed by atoms with Gasteiger partial charge in [0.25, 0.3) is 11.1 Å². The van der Waals surface area contributed by atoms with Crippen LogP contribution in [0, 0.1) is 0 Å². The van der Waals surface area contributed by atoms with E-state index in [0.29, 0.717) is 0 Å². The number of fused-ring (bicyclic) bond motifs is 12. The van der Waals surface area contributed by atoms with Crippen molar-refractivity contribution < 1.29 is 0 Å². The molecule has 2 aromatic heterocycles. The SMILES string of the molecule is O=c1c2ccc3c4ccc5c6ccc7c8n(c(=O)c9ccc(c%10ccc(c%11ccc(c%12n1C1C=CC=CC1N=%12)c2c3%11)c4c%105)c6c97)C1C=CC=CC1N=8. The minimum atomic E-state index is -0.0879. The van der Waals surface area contributed by atoms with Crippen molar-refractivity contribution in [2.24, 2.45) is 9.98 Å². The molecule has 8 aromatic carbocycles. The molecule has 4 aliphatic rings. The molecular formula is C46H24N4O2. The third kappa shape index (κ3) is 2.71. The van der Waals surface area contributed by atoms with Crippen molar-refractivity contribution >= 4 is 97.0 Å². The second kappa shape index (κ2) is 8.44. The van der Waals surface area contributed by atoms with Gasteiger partial charge in [-0.05, 0) is 88.9 Å². The minimum absolute atomic E-state index is 0.0203. The van der Waals surface area contributed by atoms with Crippen LogP contribution in [0.5, 0.6) is 0 Å². The van der Waals surface area contributed by atoms with E-state index in [1.165, 1.54) is 32.3 Å². The average molecular weight is 665 g/mol. The Morgan fingerprint density at radius 3 is 0.962 bits per heavy atom. The lowest BCUT2D eigenvalue weighted by atomic mass is 9.82. The molecule has 6 nitrogen and oxygen atoms in total. The van der Waals surface area contributed by atoms with E-state index in [4.69, 9.17) is 9.98 Å². The van der Waals surface area contributed by atoms with Crippen LogP contribution in [0.15, 0.2) is 141 Å². The van der Waals surface area contributed by atoms with Crippen molar-refractivity contribution in [2.45, 2.75) is 24.2 Å². The Morgan fingerprint density at radius 1 is 0.346 bits per heavy atom. The topological polar surface area (TPSA) is 68.7 Å². The lowest BCUT2D eigenvalue weighted by Gasteiger charge is -2.22. The number of hydrogen-bond donors (Lipinski definition) is 0. The summed E-state index contributed by atoms with van der Waals surface area (Å²) >= 11 is 0. The molecule has 240 valence electrons. The zero-order valence-corrected chi connectivity index (χ0v) is 27.5. The third-order valence-electron chi connectivity index (χ3n) is 12.8. The highest BCUT2D eigenvalue weighted by molar-refractivity contribution is 6.44. The second-order valence-corrected chi connectivity index (χ2v) is 15.0. The zero-order chi connectivity index (χ0) is 33.7. The molecule has 0 saturated carbocycles. The van der Waals surface area contributed by atoms with Gasteiger partial charge < -0.3 is 0 Å². The van der Waals surface area contributed by atoms with Gasteiger partial charge in [-0.15, -0.1) is 0 Å². The summed E-state index contributed by atoms with van der Waals surface area (Å²) in [6.07, 6.45) is 16.4. The number of benzene rings is 8. The standard InChI is InChI=1S/C46H24N4O2/c51-45-31-19-15-27-23-11-10-22-26-14-18-30-42-32(46(52)50-36-8-4-2-6-34(36)48-44(30)50)20-16-28(40(26)42)24-12-9-21(37(23)38(22)24)25-13-17-29(41(31)39(25)27)43-47-33-5-1-3-7-35(33)49(43)45/h1-20,33-36H. The predicted molar refractivity (Wildman–Crippen MR) is 211 cm³/mol. The summed E-state index contributed by atoms with van der Waals surface area (Å²) in [7, 11) is 0. The van der Waals surface area contributed by atoms with Crippen LogP contribution in [-0.2, 0) is 0 Å². The smallest absolute Gasteiger partial charge is 0.260 e. The number of rotatable bonds is 0. The molecule has 0 amide bonds. The highest BCUT2D eigenvalue weighted by Crippen LogP contribution is 2.49. The molecule has 0 bridgehead atoms. The van der Waals surface area contributed by atoms with Gasteiger partial charge in [0.05, 0.1) is 24.2 Å². The highest BCUT2D eigenvalue weighted by atomic mass is 16.1. The molecule has 4 atom stereocenters.